The van der Waals surface area contributed by atoms with Crippen LogP contribution in [0.1, 0.15) is 33.6 Å². The molecule has 7 nitrogen and oxygen atoms in total. The van der Waals surface area contributed by atoms with Gasteiger partial charge in [0.15, 0.2) is 0 Å². The van der Waals surface area contributed by atoms with Gasteiger partial charge in [0.2, 0.25) is 5.91 Å². The maximum atomic E-state index is 12.7. The Balaban J connectivity index is 1.28. The van der Waals surface area contributed by atoms with E-state index in [0.29, 0.717) is 24.2 Å². The molecule has 0 spiro atoms. The largest absolute Gasteiger partial charge is 0.339 e. The molecule has 3 heterocycles. The third-order valence-electron chi connectivity index (χ3n) is 5.88. The molecule has 0 saturated carbocycles. The van der Waals surface area contributed by atoms with Gasteiger partial charge in [0, 0.05) is 43.7 Å². The minimum Gasteiger partial charge on any atom is -0.339 e. The SMILES string of the molecule is O=C(CN1C(=O)c2ccc(Br)cc2C1=O)N1CCN(CCN2CCCC2)CC1. The lowest BCUT2D eigenvalue weighted by atomic mass is 10.1. The Kier molecular flexibility index (Phi) is 5.80. The van der Waals surface area contributed by atoms with Gasteiger partial charge in [-0.15, -0.1) is 0 Å². The Morgan fingerprint density at radius 2 is 1.46 bits per heavy atom. The lowest BCUT2D eigenvalue weighted by Crippen LogP contribution is -2.52. The van der Waals surface area contributed by atoms with Gasteiger partial charge < -0.3 is 9.80 Å². The first-order valence-electron chi connectivity index (χ1n) is 9.91. The van der Waals surface area contributed by atoms with E-state index in [9.17, 15) is 14.4 Å². The fourth-order valence-corrected chi connectivity index (χ4v) is 4.51. The lowest BCUT2D eigenvalue weighted by molar-refractivity contribution is -0.133. The summed E-state index contributed by atoms with van der Waals surface area (Å²) in [7, 11) is 0. The van der Waals surface area contributed by atoms with Crippen LogP contribution in [0.5, 0.6) is 0 Å². The van der Waals surface area contributed by atoms with E-state index < -0.39 is 0 Å². The van der Waals surface area contributed by atoms with Crippen molar-refractivity contribution < 1.29 is 14.4 Å². The van der Waals surface area contributed by atoms with Crippen LogP contribution in [0.3, 0.4) is 0 Å². The number of hydrogen-bond donors (Lipinski definition) is 0. The molecule has 2 saturated heterocycles. The first kappa shape index (κ1) is 19.5. The molecule has 0 bridgehead atoms. The Hall–Kier alpha value is -1.77. The number of halogens is 1. The molecule has 150 valence electrons. The van der Waals surface area contributed by atoms with E-state index in [0.717, 1.165) is 35.6 Å². The maximum absolute atomic E-state index is 12.7. The van der Waals surface area contributed by atoms with Gasteiger partial charge in [0.05, 0.1) is 11.1 Å². The van der Waals surface area contributed by atoms with E-state index >= 15 is 0 Å². The molecular weight excluding hydrogens is 424 g/mol. The average molecular weight is 449 g/mol. The zero-order valence-electron chi connectivity index (χ0n) is 15.9. The molecule has 0 atom stereocenters. The number of fused-ring (bicyclic) bond motifs is 1. The predicted octanol–water partition coefficient (Wildman–Crippen LogP) is 1.29. The third-order valence-corrected chi connectivity index (χ3v) is 6.38. The number of amides is 3. The van der Waals surface area contributed by atoms with Crippen molar-refractivity contribution in [2.24, 2.45) is 0 Å². The average Bonchev–Trinajstić information content (AvgIpc) is 3.30. The number of rotatable bonds is 5. The number of benzene rings is 1. The summed E-state index contributed by atoms with van der Waals surface area (Å²) >= 11 is 3.32. The molecule has 0 radical (unpaired) electrons. The number of hydrogen-bond acceptors (Lipinski definition) is 5. The summed E-state index contributed by atoms with van der Waals surface area (Å²) < 4.78 is 0.741. The molecule has 1 aromatic carbocycles. The quantitative estimate of drug-likeness (QED) is 0.634. The molecule has 0 unspecified atom stereocenters. The topological polar surface area (TPSA) is 64.2 Å². The molecule has 3 amide bonds. The van der Waals surface area contributed by atoms with Crippen LogP contribution in [0.25, 0.3) is 0 Å². The monoisotopic (exact) mass is 448 g/mol. The number of piperazine rings is 1. The van der Waals surface area contributed by atoms with Crippen molar-refractivity contribution in [2.45, 2.75) is 12.8 Å². The maximum Gasteiger partial charge on any atom is 0.262 e. The highest BCUT2D eigenvalue weighted by Gasteiger charge is 2.37. The van der Waals surface area contributed by atoms with Gasteiger partial charge in [-0.2, -0.15) is 0 Å². The molecule has 3 aliphatic heterocycles. The second-order valence-electron chi connectivity index (χ2n) is 7.66. The third kappa shape index (κ3) is 3.99. The molecular formula is C20H25BrN4O3. The molecule has 8 heteroatoms. The second kappa shape index (κ2) is 8.31. The van der Waals surface area contributed by atoms with Crippen LogP contribution >= 0.6 is 15.9 Å². The minimum atomic E-state index is -0.390. The van der Waals surface area contributed by atoms with Crippen LogP contribution in [-0.2, 0) is 4.79 Å². The van der Waals surface area contributed by atoms with Crippen LogP contribution in [-0.4, -0.2) is 96.2 Å². The number of carbonyl (C=O) groups is 3. The van der Waals surface area contributed by atoms with Gasteiger partial charge in [0.1, 0.15) is 6.54 Å². The van der Waals surface area contributed by atoms with Crippen LogP contribution in [0.4, 0.5) is 0 Å². The number of imide groups is 1. The van der Waals surface area contributed by atoms with Crippen molar-refractivity contribution in [3.8, 4) is 0 Å². The molecule has 28 heavy (non-hydrogen) atoms. The summed E-state index contributed by atoms with van der Waals surface area (Å²) in [6.45, 7) is 7.33. The Bertz CT molecular complexity index is 786. The zero-order chi connectivity index (χ0) is 19.7. The molecule has 2 fully saturated rings. The predicted molar refractivity (Wildman–Crippen MR) is 108 cm³/mol. The summed E-state index contributed by atoms with van der Waals surface area (Å²) in [6, 6.07) is 5.00. The number of nitrogens with zero attached hydrogens (tertiary/aromatic N) is 4. The van der Waals surface area contributed by atoms with Crippen molar-refractivity contribution in [1.82, 2.24) is 19.6 Å². The van der Waals surface area contributed by atoms with Gasteiger partial charge in [-0.3, -0.25) is 24.2 Å². The Morgan fingerprint density at radius 3 is 2.14 bits per heavy atom. The summed E-state index contributed by atoms with van der Waals surface area (Å²) in [5.74, 6) is -0.934. The van der Waals surface area contributed by atoms with Gasteiger partial charge in [-0.05, 0) is 44.1 Å². The van der Waals surface area contributed by atoms with Crippen molar-refractivity contribution in [1.29, 1.82) is 0 Å². The summed E-state index contributed by atoms with van der Waals surface area (Å²) in [5.41, 5.74) is 0.728. The van der Waals surface area contributed by atoms with Crippen LogP contribution in [0.15, 0.2) is 22.7 Å². The first-order valence-corrected chi connectivity index (χ1v) is 10.7. The van der Waals surface area contributed by atoms with Gasteiger partial charge in [-0.25, -0.2) is 0 Å². The molecule has 4 rings (SSSR count). The summed E-state index contributed by atoms with van der Waals surface area (Å²) in [5, 5.41) is 0. The van der Waals surface area contributed by atoms with E-state index in [1.165, 1.54) is 25.9 Å². The smallest absolute Gasteiger partial charge is 0.262 e. The first-order chi connectivity index (χ1) is 13.5. The van der Waals surface area contributed by atoms with Crippen LogP contribution in [0.2, 0.25) is 0 Å². The molecule has 0 aliphatic carbocycles. The summed E-state index contributed by atoms with van der Waals surface area (Å²) in [4.78, 5) is 45.5. The molecule has 0 N–H and O–H groups in total. The van der Waals surface area contributed by atoms with E-state index in [4.69, 9.17) is 0 Å². The van der Waals surface area contributed by atoms with Crippen LogP contribution < -0.4 is 0 Å². The summed E-state index contributed by atoms with van der Waals surface area (Å²) in [6.07, 6.45) is 2.61. The lowest BCUT2D eigenvalue weighted by Gasteiger charge is -2.36. The van der Waals surface area contributed by atoms with Crippen LogP contribution in [0, 0.1) is 0 Å². The van der Waals surface area contributed by atoms with Crippen molar-refractivity contribution in [2.75, 3.05) is 58.9 Å². The van der Waals surface area contributed by atoms with Gasteiger partial charge >= 0.3 is 0 Å². The molecule has 3 aliphatic rings. The Labute approximate surface area is 173 Å². The molecule has 0 aromatic heterocycles. The highest BCUT2D eigenvalue weighted by Crippen LogP contribution is 2.26. The Morgan fingerprint density at radius 1 is 0.857 bits per heavy atom. The van der Waals surface area contributed by atoms with E-state index in [-0.39, 0.29) is 24.3 Å². The fraction of sp³-hybridized carbons (Fsp3) is 0.550. The van der Waals surface area contributed by atoms with Crippen molar-refractivity contribution in [3.63, 3.8) is 0 Å². The highest BCUT2D eigenvalue weighted by atomic mass is 79.9. The van der Waals surface area contributed by atoms with Gasteiger partial charge in [0.25, 0.3) is 11.8 Å². The second-order valence-corrected chi connectivity index (χ2v) is 8.57. The normalized spacial score (nSPS) is 20.9. The van der Waals surface area contributed by atoms with Crippen molar-refractivity contribution >= 4 is 33.7 Å². The molecule has 1 aromatic rings. The number of carbonyl (C=O) groups excluding carboxylic acids is 3. The van der Waals surface area contributed by atoms with Gasteiger partial charge in [-0.1, -0.05) is 15.9 Å². The highest BCUT2D eigenvalue weighted by molar-refractivity contribution is 9.10. The zero-order valence-corrected chi connectivity index (χ0v) is 17.5. The van der Waals surface area contributed by atoms with E-state index in [1.807, 2.05) is 0 Å². The minimum absolute atomic E-state index is 0.159. The standard InChI is InChI=1S/C20H25BrN4O3/c21-15-3-4-16-17(13-15)20(28)25(19(16)27)14-18(26)24-11-9-23(10-12-24)8-7-22-5-1-2-6-22/h3-4,13H,1-2,5-12,14H2. The van der Waals surface area contributed by atoms with E-state index in [1.54, 1.807) is 23.1 Å². The van der Waals surface area contributed by atoms with E-state index in [2.05, 4.69) is 25.7 Å². The number of likely N-dealkylation sites (tertiary alicyclic amines) is 1. The fourth-order valence-electron chi connectivity index (χ4n) is 4.15. The van der Waals surface area contributed by atoms with Crippen molar-refractivity contribution in [3.05, 3.63) is 33.8 Å².